The summed E-state index contributed by atoms with van der Waals surface area (Å²) in [5.74, 6) is -1.84. The van der Waals surface area contributed by atoms with E-state index >= 15 is 0 Å². The summed E-state index contributed by atoms with van der Waals surface area (Å²) in [7, 11) is 0. The van der Waals surface area contributed by atoms with E-state index in [1.807, 2.05) is 4.90 Å². The van der Waals surface area contributed by atoms with Crippen LogP contribution >= 0.6 is 0 Å². The molecule has 1 fully saturated rings. The molecule has 2 aromatic heterocycles. The number of hydrogen-bond acceptors (Lipinski definition) is 5. The lowest BCUT2D eigenvalue weighted by Gasteiger charge is -2.32. The summed E-state index contributed by atoms with van der Waals surface area (Å²) in [6.07, 6.45) is -1.23. The Balaban J connectivity index is 1.88. The summed E-state index contributed by atoms with van der Waals surface area (Å²) in [5, 5.41) is 12.0. The van der Waals surface area contributed by atoms with Gasteiger partial charge < -0.3 is 15.3 Å². The third-order valence-electron chi connectivity index (χ3n) is 5.31. The maximum Gasteiger partial charge on any atom is 0.338 e. The topological polar surface area (TPSA) is 86.9 Å². The molecule has 3 heterocycles. The number of carboxylic acid groups (broad SMARTS) is 1. The van der Waals surface area contributed by atoms with Crippen molar-refractivity contribution in [2.75, 3.05) is 23.3 Å². The third-order valence-corrected chi connectivity index (χ3v) is 5.31. The van der Waals surface area contributed by atoms with Gasteiger partial charge in [0.15, 0.2) is 0 Å². The van der Waals surface area contributed by atoms with Gasteiger partial charge in [0.2, 0.25) is 0 Å². The lowest BCUT2D eigenvalue weighted by molar-refractivity contribution is 0.0696. The minimum Gasteiger partial charge on any atom is -0.478 e. The Hall–Kier alpha value is -3.56. The van der Waals surface area contributed by atoms with Crippen LogP contribution in [0.4, 0.5) is 24.7 Å². The number of nitrogens with zero attached hydrogens (tertiary/aromatic N) is 3. The molecule has 162 valence electrons. The highest BCUT2D eigenvalue weighted by atomic mass is 19.3. The molecule has 1 aliphatic rings. The van der Waals surface area contributed by atoms with Crippen molar-refractivity contribution in [3.8, 4) is 0 Å². The van der Waals surface area contributed by atoms with Gasteiger partial charge >= 0.3 is 5.97 Å². The van der Waals surface area contributed by atoms with Crippen molar-refractivity contribution in [3.63, 3.8) is 0 Å². The van der Waals surface area contributed by atoms with Crippen LogP contribution in [0.3, 0.4) is 0 Å². The van der Waals surface area contributed by atoms with E-state index in [2.05, 4.69) is 10.3 Å². The Labute approximate surface area is 174 Å². The van der Waals surface area contributed by atoms with E-state index in [4.69, 9.17) is 0 Å². The Morgan fingerprint density at radius 3 is 2.61 bits per heavy atom. The van der Waals surface area contributed by atoms with E-state index in [0.29, 0.717) is 24.5 Å². The quantitative estimate of drug-likeness (QED) is 0.620. The second kappa shape index (κ2) is 7.93. The van der Waals surface area contributed by atoms with Gasteiger partial charge in [-0.3, -0.25) is 9.20 Å². The normalized spacial score (nSPS) is 14.5. The van der Waals surface area contributed by atoms with Crippen LogP contribution < -0.4 is 15.8 Å². The van der Waals surface area contributed by atoms with Gasteiger partial charge in [0.1, 0.15) is 23.3 Å². The predicted octanol–water partition coefficient (Wildman–Crippen LogP) is 3.47. The summed E-state index contributed by atoms with van der Waals surface area (Å²) in [4.78, 5) is 30.4. The highest BCUT2D eigenvalue weighted by Gasteiger charge is 2.29. The molecule has 1 unspecified atom stereocenters. The van der Waals surface area contributed by atoms with E-state index < -0.39 is 29.8 Å². The van der Waals surface area contributed by atoms with Gasteiger partial charge in [-0.15, -0.1) is 0 Å². The van der Waals surface area contributed by atoms with Gasteiger partial charge in [-0.25, -0.2) is 22.9 Å². The average Bonchev–Trinajstić information content (AvgIpc) is 2.64. The fourth-order valence-electron chi connectivity index (χ4n) is 3.63. The molecule has 1 atom stereocenters. The number of pyridine rings is 1. The summed E-state index contributed by atoms with van der Waals surface area (Å²) in [5.41, 5.74) is -0.779. The fourth-order valence-corrected chi connectivity index (χ4v) is 3.63. The summed E-state index contributed by atoms with van der Waals surface area (Å²) in [6, 6.07) is 4.76. The van der Waals surface area contributed by atoms with Crippen molar-refractivity contribution in [3.05, 3.63) is 69.4 Å². The van der Waals surface area contributed by atoms with Crippen LogP contribution in [0.5, 0.6) is 0 Å². The van der Waals surface area contributed by atoms with Crippen LogP contribution in [0.25, 0.3) is 5.65 Å². The zero-order valence-corrected chi connectivity index (χ0v) is 16.5. The van der Waals surface area contributed by atoms with Crippen LogP contribution in [0.15, 0.2) is 41.3 Å². The monoisotopic (exact) mass is 432 g/mol. The zero-order chi connectivity index (χ0) is 22.3. The number of benzene rings is 1. The Morgan fingerprint density at radius 2 is 2.00 bits per heavy atom. The minimum absolute atomic E-state index is 0.0403. The van der Waals surface area contributed by atoms with Crippen LogP contribution in [0, 0.1) is 12.7 Å². The average molecular weight is 432 g/mol. The number of hydrogen-bond donors (Lipinski definition) is 2. The van der Waals surface area contributed by atoms with Gasteiger partial charge in [-0.05, 0) is 31.0 Å². The summed E-state index contributed by atoms with van der Waals surface area (Å²) < 4.78 is 43.5. The second-order valence-corrected chi connectivity index (χ2v) is 7.36. The molecule has 4 rings (SSSR count). The SMILES string of the molecule is Cc1cccc(NC(c2cc(F)cn3c(=O)cc(N4CCC4)nc23)C(F)F)c1C(=O)O. The summed E-state index contributed by atoms with van der Waals surface area (Å²) in [6.45, 7) is 2.91. The lowest BCUT2D eigenvalue weighted by Crippen LogP contribution is -2.38. The van der Waals surface area contributed by atoms with Crippen molar-refractivity contribution in [2.24, 2.45) is 0 Å². The first-order chi connectivity index (χ1) is 14.8. The molecule has 0 aliphatic carbocycles. The summed E-state index contributed by atoms with van der Waals surface area (Å²) >= 11 is 0. The number of aryl methyl sites for hydroxylation is 1. The molecule has 2 N–H and O–H groups in total. The highest BCUT2D eigenvalue weighted by Crippen LogP contribution is 2.31. The molecule has 31 heavy (non-hydrogen) atoms. The maximum atomic E-state index is 14.3. The van der Waals surface area contributed by atoms with Crippen molar-refractivity contribution in [1.82, 2.24) is 9.38 Å². The lowest BCUT2D eigenvalue weighted by atomic mass is 10.0. The van der Waals surface area contributed by atoms with E-state index in [1.54, 1.807) is 13.0 Å². The number of halogens is 3. The van der Waals surface area contributed by atoms with Gasteiger partial charge in [0.25, 0.3) is 12.0 Å². The first-order valence-corrected chi connectivity index (χ1v) is 9.61. The molecule has 1 aromatic carbocycles. The maximum absolute atomic E-state index is 14.3. The van der Waals surface area contributed by atoms with Crippen LogP contribution in [-0.4, -0.2) is 40.0 Å². The second-order valence-electron chi connectivity index (χ2n) is 7.36. The minimum atomic E-state index is -3.04. The molecule has 3 aromatic rings. The van der Waals surface area contributed by atoms with E-state index in [-0.39, 0.29) is 22.5 Å². The third kappa shape index (κ3) is 3.80. The molecule has 0 radical (unpaired) electrons. The number of nitrogens with one attached hydrogen (secondary N) is 1. The fraction of sp³-hybridized carbons (Fsp3) is 0.286. The molecule has 0 bridgehead atoms. The van der Waals surface area contributed by atoms with Gasteiger partial charge in [0, 0.05) is 36.6 Å². The molecule has 10 heteroatoms. The van der Waals surface area contributed by atoms with Crippen molar-refractivity contribution >= 4 is 23.1 Å². The Bertz CT molecular complexity index is 1220. The number of carbonyl (C=O) groups is 1. The van der Waals surface area contributed by atoms with Gasteiger partial charge in [-0.2, -0.15) is 0 Å². The highest BCUT2D eigenvalue weighted by molar-refractivity contribution is 5.96. The molecule has 0 saturated carbocycles. The number of aromatic carboxylic acids is 1. The number of alkyl halides is 2. The van der Waals surface area contributed by atoms with Crippen molar-refractivity contribution < 1.29 is 23.1 Å². The Morgan fingerprint density at radius 1 is 1.26 bits per heavy atom. The molecule has 0 amide bonds. The van der Waals surface area contributed by atoms with E-state index in [1.165, 1.54) is 18.2 Å². The smallest absolute Gasteiger partial charge is 0.338 e. The molecule has 7 nitrogen and oxygen atoms in total. The molecular weight excluding hydrogens is 413 g/mol. The Kier molecular flexibility index (Phi) is 5.30. The van der Waals surface area contributed by atoms with Gasteiger partial charge in [-0.1, -0.05) is 12.1 Å². The number of aromatic nitrogens is 2. The molecule has 1 aliphatic heterocycles. The predicted molar refractivity (Wildman–Crippen MR) is 109 cm³/mol. The number of fused-ring (bicyclic) bond motifs is 1. The standard InChI is InChI=1S/C21H19F3N4O3/c1-11-4-2-5-14(17(11)21(30)31)25-18(19(23)24)13-8-12(22)10-28-16(29)9-15(26-20(13)28)27-6-3-7-27/h2,4-5,8-10,18-19,25H,3,6-7H2,1H3,(H,30,31). The first-order valence-electron chi connectivity index (χ1n) is 9.61. The molecule has 1 saturated heterocycles. The van der Waals surface area contributed by atoms with E-state index in [9.17, 15) is 27.9 Å². The van der Waals surface area contributed by atoms with Gasteiger partial charge in [0.05, 0.1) is 5.56 Å². The number of carboxylic acids is 1. The van der Waals surface area contributed by atoms with Crippen LogP contribution in [0.2, 0.25) is 0 Å². The number of anilines is 2. The number of rotatable bonds is 6. The molecule has 0 spiro atoms. The van der Waals surface area contributed by atoms with Crippen molar-refractivity contribution in [2.45, 2.75) is 25.8 Å². The van der Waals surface area contributed by atoms with Crippen molar-refractivity contribution in [1.29, 1.82) is 0 Å². The molecular formula is C21H19F3N4O3. The van der Waals surface area contributed by atoms with Crippen LogP contribution in [0.1, 0.15) is 33.9 Å². The van der Waals surface area contributed by atoms with E-state index in [0.717, 1.165) is 23.1 Å². The first kappa shape index (κ1) is 20.7. The largest absolute Gasteiger partial charge is 0.478 e. The van der Waals surface area contributed by atoms with Crippen LogP contribution in [-0.2, 0) is 0 Å². The zero-order valence-electron chi connectivity index (χ0n) is 16.5.